The summed E-state index contributed by atoms with van der Waals surface area (Å²) < 4.78 is 12.5. The fraction of sp³-hybridized carbons (Fsp3) is 0.0909. The van der Waals surface area contributed by atoms with Gasteiger partial charge >= 0.3 is 0 Å². The molecule has 3 aromatic carbocycles. The van der Waals surface area contributed by atoms with Crippen molar-refractivity contribution in [3.8, 4) is 11.5 Å². The molecular formula is C22H17Br2ClN2O3. The molecule has 3 aromatic rings. The van der Waals surface area contributed by atoms with Crippen LogP contribution in [0.15, 0.2) is 74.7 Å². The molecule has 1 amide bonds. The summed E-state index contributed by atoms with van der Waals surface area (Å²) in [7, 11) is 1.55. The van der Waals surface area contributed by atoms with Gasteiger partial charge in [-0.3, -0.25) is 4.79 Å². The molecule has 0 spiro atoms. The third-order valence-corrected chi connectivity index (χ3v) is 5.46. The number of benzene rings is 3. The Bertz CT molecular complexity index is 1050. The third-order valence-electron chi connectivity index (χ3n) is 4.03. The van der Waals surface area contributed by atoms with E-state index < -0.39 is 0 Å². The van der Waals surface area contributed by atoms with Crippen molar-refractivity contribution in [2.24, 2.45) is 5.10 Å². The second-order valence-corrected chi connectivity index (χ2v) is 8.31. The average molecular weight is 553 g/mol. The highest BCUT2D eigenvalue weighted by atomic mass is 79.9. The van der Waals surface area contributed by atoms with E-state index in [1.165, 1.54) is 0 Å². The van der Waals surface area contributed by atoms with E-state index >= 15 is 0 Å². The molecule has 0 saturated heterocycles. The second kappa shape index (κ2) is 10.6. The van der Waals surface area contributed by atoms with Crippen LogP contribution in [0.25, 0.3) is 0 Å². The molecular weight excluding hydrogens is 536 g/mol. The number of nitrogens with one attached hydrogen (secondary N) is 1. The molecule has 0 saturated carbocycles. The second-order valence-electron chi connectivity index (χ2n) is 6.16. The Morgan fingerprint density at radius 3 is 2.47 bits per heavy atom. The van der Waals surface area contributed by atoms with Crippen molar-refractivity contribution in [1.82, 2.24) is 5.43 Å². The maximum absolute atomic E-state index is 12.2. The van der Waals surface area contributed by atoms with E-state index in [0.717, 1.165) is 20.1 Å². The summed E-state index contributed by atoms with van der Waals surface area (Å²) in [5.74, 6) is 0.947. The Morgan fingerprint density at radius 1 is 1.10 bits per heavy atom. The maximum atomic E-state index is 12.2. The number of methoxy groups -OCH3 is 1. The minimum Gasteiger partial charge on any atom is -0.497 e. The lowest BCUT2D eigenvalue weighted by atomic mass is 10.2. The highest BCUT2D eigenvalue weighted by molar-refractivity contribution is 9.11. The van der Waals surface area contributed by atoms with Gasteiger partial charge in [-0.15, -0.1) is 0 Å². The largest absolute Gasteiger partial charge is 0.497 e. The molecule has 1 N–H and O–H groups in total. The van der Waals surface area contributed by atoms with Gasteiger partial charge in [-0.05, 0) is 85.5 Å². The van der Waals surface area contributed by atoms with Crippen LogP contribution in [0.4, 0.5) is 0 Å². The number of halogens is 3. The lowest BCUT2D eigenvalue weighted by Gasteiger charge is -2.11. The Morgan fingerprint density at radius 2 is 1.80 bits per heavy atom. The topological polar surface area (TPSA) is 59.9 Å². The first kappa shape index (κ1) is 22.3. The number of carbonyl (C=O) groups excluding carboxylic acids is 1. The Labute approximate surface area is 196 Å². The molecule has 0 fully saturated rings. The van der Waals surface area contributed by atoms with Gasteiger partial charge in [0.05, 0.1) is 22.3 Å². The smallest absolute Gasteiger partial charge is 0.271 e. The first-order valence-corrected chi connectivity index (χ1v) is 10.8. The molecule has 0 radical (unpaired) electrons. The molecule has 0 aliphatic heterocycles. The van der Waals surface area contributed by atoms with Crippen molar-refractivity contribution < 1.29 is 14.3 Å². The first-order valence-electron chi connectivity index (χ1n) is 8.80. The fourth-order valence-corrected chi connectivity index (χ4v) is 4.10. The molecule has 0 aliphatic rings. The first-order chi connectivity index (χ1) is 14.5. The molecule has 154 valence electrons. The Balaban J connectivity index is 1.64. The van der Waals surface area contributed by atoms with E-state index in [0.29, 0.717) is 28.7 Å². The average Bonchev–Trinajstić information content (AvgIpc) is 2.74. The maximum Gasteiger partial charge on any atom is 0.271 e. The number of rotatable bonds is 7. The quantitative estimate of drug-likeness (QED) is 0.280. The van der Waals surface area contributed by atoms with Crippen molar-refractivity contribution in [3.63, 3.8) is 0 Å². The zero-order chi connectivity index (χ0) is 21.5. The number of hydrogen-bond donors (Lipinski definition) is 1. The van der Waals surface area contributed by atoms with Crippen LogP contribution < -0.4 is 14.9 Å². The highest BCUT2D eigenvalue weighted by Crippen LogP contribution is 2.35. The number of hydrazone groups is 1. The van der Waals surface area contributed by atoms with E-state index in [9.17, 15) is 4.79 Å². The number of carbonyl (C=O) groups is 1. The van der Waals surface area contributed by atoms with E-state index in [2.05, 4.69) is 42.4 Å². The predicted molar refractivity (Wildman–Crippen MR) is 126 cm³/mol. The minimum absolute atomic E-state index is 0.328. The molecule has 8 heteroatoms. The molecule has 0 heterocycles. The standard InChI is InChI=1S/C22H17Br2ClN2O3/c1-29-18-4-2-3-16(11-18)22(28)27-26-12-15-9-19(23)21(20(24)10-15)30-13-14-5-7-17(25)8-6-14/h2-12H,13H2,1H3,(H,27,28)/b26-12-. The summed E-state index contributed by atoms with van der Waals surface area (Å²) in [5.41, 5.74) is 4.74. The summed E-state index contributed by atoms with van der Waals surface area (Å²) in [6.45, 7) is 0.401. The van der Waals surface area contributed by atoms with Crippen LogP contribution in [-0.2, 0) is 6.61 Å². The monoisotopic (exact) mass is 550 g/mol. The van der Waals surface area contributed by atoms with Gasteiger partial charge in [0.25, 0.3) is 5.91 Å². The molecule has 0 aliphatic carbocycles. The van der Waals surface area contributed by atoms with Crippen LogP contribution in [0.5, 0.6) is 11.5 Å². The van der Waals surface area contributed by atoms with Gasteiger partial charge in [0.2, 0.25) is 0 Å². The van der Waals surface area contributed by atoms with Gasteiger partial charge in [0.15, 0.2) is 0 Å². The highest BCUT2D eigenvalue weighted by Gasteiger charge is 2.10. The van der Waals surface area contributed by atoms with Crippen LogP contribution in [0.2, 0.25) is 5.02 Å². The Hall–Kier alpha value is -2.35. The van der Waals surface area contributed by atoms with Crippen molar-refractivity contribution in [2.75, 3.05) is 7.11 Å². The summed E-state index contributed by atoms with van der Waals surface area (Å²) in [6.07, 6.45) is 1.55. The van der Waals surface area contributed by atoms with Crippen molar-refractivity contribution in [2.45, 2.75) is 6.61 Å². The Kier molecular flexibility index (Phi) is 7.90. The summed E-state index contributed by atoms with van der Waals surface area (Å²) in [6, 6.07) is 18.0. The van der Waals surface area contributed by atoms with Crippen LogP contribution in [0.1, 0.15) is 21.5 Å². The number of amides is 1. The van der Waals surface area contributed by atoms with E-state index in [1.54, 1.807) is 37.6 Å². The van der Waals surface area contributed by atoms with Crippen LogP contribution >= 0.6 is 43.5 Å². The summed E-state index contributed by atoms with van der Waals surface area (Å²) in [5, 5.41) is 4.71. The number of ether oxygens (including phenoxy) is 2. The van der Waals surface area contributed by atoms with Gasteiger partial charge in [0.1, 0.15) is 18.1 Å². The van der Waals surface area contributed by atoms with Crippen molar-refractivity contribution in [1.29, 1.82) is 0 Å². The van der Waals surface area contributed by atoms with E-state index in [1.807, 2.05) is 36.4 Å². The molecule has 0 bridgehead atoms. The zero-order valence-electron chi connectivity index (χ0n) is 15.9. The summed E-state index contributed by atoms with van der Waals surface area (Å²) >= 11 is 12.9. The van der Waals surface area contributed by atoms with Crippen LogP contribution in [0.3, 0.4) is 0 Å². The zero-order valence-corrected chi connectivity index (χ0v) is 19.8. The lowest BCUT2D eigenvalue weighted by Crippen LogP contribution is -2.17. The SMILES string of the molecule is COc1cccc(C(=O)N/N=C\c2cc(Br)c(OCc3ccc(Cl)cc3)c(Br)c2)c1. The molecule has 3 rings (SSSR count). The number of hydrogen-bond acceptors (Lipinski definition) is 4. The van der Waals surface area contributed by atoms with Crippen molar-refractivity contribution in [3.05, 3.63) is 91.3 Å². The van der Waals surface area contributed by atoms with Gasteiger partial charge in [-0.1, -0.05) is 29.8 Å². The molecule has 30 heavy (non-hydrogen) atoms. The van der Waals surface area contributed by atoms with Gasteiger partial charge in [-0.25, -0.2) is 5.43 Å². The molecule has 0 atom stereocenters. The normalized spacial score (nSPS) is 10.8. The van der Waals surface area contributed by atoms with Gasteiger partial charge in [0, 0.05) is 10.6 Å². The van der Waals surface area contributed by atoms with Crippen molar-refractivity contribution >= 4 is 55.6 Å². The molecule has 0 aromatic heterocycles. The molecule has 5 nitrogen and oxygen atoms in total. The fourth-order valence-electron chi connectivity index (χ4n) is 2.52. The molecule has 0 unspecified atom stereocenters. The lowest BCUT2D eigenvalue weighted by molar-refractivity contribution is 0.0955. The van der Waals surface area contributed by atoms with Gasteiger partial charge in [-0.2, -0.15) is 5.10 Å². The van der Waals surface area contributed by atoms with Gasteiger partial charge < -0.3 is 9.47 Å². The predicted octanol–water partition coefficient (Wildman–Crippen LogP) is 6.22. The van der Waals surface area contributed by atoms with E-state index in [4.69, 9.17) is 21.1 Å². The summed E-state index contributed by atoms with van der Waals surface area (Å²) in [4.78, 5) is 12.2. The van der Waals surface area contributed by atoms with Crippen LogP contribution in [0, 0.1) is 0 Å². The third kappa shape index (κ3) is 6.08. The number of nitrogens with zero attached hydrogens (tertiary/aromatic N) is 1. The van der Waals surface area contributed by atoms with E-state index in [-0.39, 0.29) is 5.91 Å². The van der Waals surface area contributed by atoms with Crippen LogP contribution in [-0.4, -0.2) is 19.2 Å². The minimum atomic E-state index is -0.328.